The summed E-state index contributed by atoms with van der Waals surface area (Å²) in [4.78, 5) is 25.7. The topological polar surface area (TPSA) is 129 Å². The van der Waals surface area contributed by atoms with Gasteiger partial charge in [-0.2, -0.15) is 5.10 Å². The van der Waals surface area contributed by atoms with Crippen LogP contribution in [0.5, 0.6) is 5.88 Å². The van der Waals surface area contributed by atoms with Crippen molar-refractivity contribution in [3.63, 3.8) is 0 Å². The van der Waals surface area contributed by atoms with Crippen LogP contribution in [0.15, 0.2) is 17.1 Å². The van der Waals surface area contributed by atoms with Crippen molar-refractivity contribution in [1.82, 2.24) is 20.1 Å². The lowest BCUT2D eigenvalue weighted by atomic mass is 10.0. The minimum atomic E-state index is -3.23. The number of amides is 1. The monoisotopic (exact) mass is 476 g/mol. The predicted octanol–water partition coefficient (Wildman–Crippen LogP) is 0.974. The Morgan fingerprint density at radius 2 is 2.12 bits per heavy atom. The molecule has 1 saturated heterocycles. The third-order valence-electron chi connectivity index (χ3n) is 6.89. The average Bonchev–Trinajstić information content (AvgIpc) is 3.72. The lowest BCUT2D eigenvalue weighted by Crippen LogP contribution is -2.37. The number of carbonyl (C=O) groups is 1. The van der Waals surface area contributed by atoms with Crippen LogP contribution in [-0.2, 0) is 21.6 Å². The fourth-order valence-corrected chi connectivity index (χ4v) is 6.82. The van der Waals surface area contributed by atoms with Crippen LogP contribution in [0, 0.1) is 5.92 Å². The molecule has 0 radical (unpaired) electrons. The van der Waals surface area contributed by atoms with Gasteiger partial charge in [-0.25, -0.2) is 8.42 Å². The van der Waals surface area contributed by atoms with Crippen LogP contribution in [-0.4, -0.2) is 65.5 Å². The van der Waals surface area contributed by atoms with E-state index in [0.29, 0.717) is 49.7 Å². The standard InChI is InChI=1S/C22H28N4O6S/c1-26-18-15(9-17(21(26)28)19(27)23-10-14-3-2-8-31-12-14)11-24-25-20(18)32-13-22(6-7-22)33(29,30)16-4-5-16/h9,11,14,16H,2-8,10,12-13H2,1H3,(H,23,27). The minimum absolute atomic E-state index is 0.00986. The van der Waals surface area contributed by atoms with Crippen molar-refractivity contribution in [3.8, 4) is 5.88 Å². The molecule has 3 heterocycles. The summed E-state index contributed by atoms with van der Waals surface area (Å²) in [6.07, 6.45) is 5.96. The fourth-order valence-electron chi connectivity index (χ4n) is 4.46. The van der Waals surface area contributed by atoms with Gasteiger partial charge in [0.2, 0.25) is 0 Å². The summed E-state index contributed by atoms with van der Waals surface area (Å²) in [6.45, 7) is 1.78. The molecule has 1 aliphatic heterocycles. The third-order valence-corrected chi connectivity index (χ3v) is 9.97. The van der Waals surface area contributed by atoms with Crippen molar-refractivity contribution >= 4 is 26.6 Å². The smallest absolute Gasteiger partial charge is 0.263 e. The Hall–Kier alpha value is -2.53. The number of hydrogen-bond donors (Lipinski definition) is 1. The minimum Gasteiger partial charge on any atom is -0.473 e. The van der Waals surface area contributed by atoms with Gasteiger partial charge in [0.1, 0.15) is 22.4 Å². The number of fused-ring (bicyclic) bond motifs is 1. The molecule has 1 amide bonds. The van der Waals surface area contributed by atoms with Gasteiger partial charge in [0.25, 0.3) is 17.3 Å². The maximum atomic E-state index is 13.0. The molecule has 10 nitrogen and oxygen atoms in total. The Bertz CT molecular complexity index is 1240. The highest BCUT2D eigenvalue weighted by Gasteiger charge is 2.60. The quantitative estimate of drug-likeness (QED) is 0.597. The van der Waals surface area contributed by atoms with Crippen molar-refractivity contribution in [1.29, 1.82) is 0 Å². The summed E-state index contributed by atoms with van der Waals surface area (Å²) >= 11 is 0. The van der Waals surface area contributed by atoms with Crippen LogP contribution in [0.25, 0.3) is 10.9 Å². The van der Waals surface area contributed by atoms with Gasteiger partial charge in [0.05, 0.1) is 18.1 Å². The maximum Gasteiger partial charge on any atom is 0.263 e. The second kappa shape index (κ2) is 8.35. The highest BCUT2D eigenvalue weighted by atomic mass is 32.2. The summed E-state index contributed by atoms with van der Waals surface area (Å²) in [6, 6.07) is 1.49. The van der Waals surface area contributed by atoms with Gasteiger partial charge in [-0.3, -0.25) is 9.59 Å². The lowest BCUT2D eigenvalue weighted by molar-refractivity contribution is 0.0536. The number of aryl methyl sites for hydroxylation is 1. The van der Waals surface area contributed by atoms with Crippen molar-refractivity contribution < 1.29 is 22.7 Å². The number of nitrogens with zero attached hydrogens (tertiary/aromatic N) is 3. The molecule has 2 aromatic rings. The van der Waals surface area contributed by atoms with E-state index in [-0.39, 0.29) is 29.2 Å². The van der Waals surface area contributed by atoms with Gasteiger partial charge < -0.3 is 19.4 Å². The van der Waals surface area contributed by atoms with Crippen molar-refractivity contribution in [2.45, 2.75) is 48.5 Å². The van der Waals surface area contributed by atoms with E-state index >= 15 is 0 Å². The molecular formula is C22H28N4O6S. The third kappa shape index (κ3) is 4.12. The Morgan fingerprint density at radius 1 is 1.33 bits per heavy atom. The molecule has 1 unspecified atom stereocenters. The van der Waals surface area contributed by atoms with Crippen LogP contribution in [0.3, 0.4) is 0 Å². The van der Waals surface area contributed by atoms with Crippen LogP contribution in [0.1, 0.15) is 48.9 Å². The molecule has 1 N–H and O–H groups in total. The molecule has 1 atom stereocenters. The number of nitrogens with one attached hydrogen (secondary N) is 1. The molecule has 178 valence electrons. The molecule has 11 heteroatoms. The molecule has 2 aliphatic carbocycles. The van der Waals surface area contributed by atoms with Crippen LogP contribution >= 0.6 is 0 Å². The molecule has 5 rings (SSSR count). The molecule has 0 spiro atoms. The Morgan fingerprint density at radius 3 is 2.79 bits per heavy atom. The zero-order valence-corrected chi connectivity index (χ0v) is 19.4. The Labute approximate surface area is 191 Å². The van der Waals surface area contributed by atoms with E-state index in [1.807, 2.05) is 0 Å². The summed E-state index contributed by atoms with van der Waals surface area (Å²) in [5, 5.41) is 11.1. The number of carbonyl (C=O) groups excluding carboxylic acids is 1. The van der Waals surface area contributed by atoms with E-state index < -0.39 is 26.1 Å². The summed E-state index contributed by atoms with van der Waals surface area (Å²) < 4.78 is 37.2. The first-order valence-electron chi connectivity index (χ1n) is 11.4. The summed E-state index contributed by atoms with van der Waals surface area (Å²) in [5.41, 5.74) is -0.0908. The van der Waals surface area contributed by atoms with E-state index in [1.54, 1.807) is 7.05 Å². The first-order chi connectivity index (χ1) is 15.8. The normalized spacial score (nSPS) is 22.2. The molecule has 2 saturated carbocycles. The Kier molecular flexibility index (Phi) is 5.64. The number of ether oxygens (including phenoxy) is 2. The van der Waals surface area contributed by atoms with Crippen LogP contribution in [0.4, 0.5) is 0 Å². The molecule has 0 bridgehead atoms. The molecule has 3 fully saturated rings. The second-order valence-electron chi connectivity index (χ2n) is 9.39. The van der Waals surface area contributed by atoms with Crippen molar-refractivity contribution in [2.24, 2.45) is 13.0 Å². The molecule has 3 aliphatic rings. The number of sulfone groups is 1. The van der Waals surface area contributed by atoms with E-state index in [4.69, 9.17) is 9.47 Å². The molecule has 0 aromatic carbocycles. The molecule has 2 aromatic heterocycles. The first kappa shape index (κ1) is 22.3. The first-order valence-corrected chi connectivity index (χ1v) is 12.9. The number of rotatable bonds is 8. The van der Waals surface area contributed by atoms with E-state index in [0.717, 1.165) is 19.4 Å². The molecular weight excluding hydrogens is 448 g/mol. The number of pyridine rings is 1. The van der Waals surface area contributed by atoms with E-state index in [2.05, 4.69) is 15.5 Å². The highest BCUT2D eigenvalue weighted by molar-refractivity contribution is 7.94. The average molecular weight is 477 g/mol. The second-order valence-corrected chi connectivity index (χ2v) is 12.0. The SMILES string of the molecule is Cn1c(=O)c(C(=O)NCC2CCCOC2)cc2cnnc(OCC3(S(=O)(=O)C4CC4)CC3)c21. The van der Waals surface area contributed by atoms with Crippen molar-refractivity contribution in [3.05, 3.63) is 28.2 Å². The zero-order valence-electron chi connectivity index (χ0n) is 18.6. The van der Waals surface area contributed by atoms with Gasteiger partial charge in [0.15, 0.2) is 9.84 Å². The van der Waals surface area contributed by atoms with Crippen LogP contribution in [0.2, 0.25) is 0 Å². The number of aromatic nitrogens is 3. The number of hydrogen-bond acceptors (Lipinski definition) is 8. The van der Waals surface area contributed by atoms with Crippen LogP contribution < -0.4 is 15.6 Å². The highest BCUT2D eigenvalue weighted by Crippen LogP contribution is 2.50. The summed E-state index contributed by atoms with van der Waals surface area (Å²) in [7, 11) is -1.69. The van der Waals surface area contributed by atoms with E-state index in [9.17, 15) is 18.0 Å². The Balaban J connectivity index is 1.36. The summed E-state index contributed by atoms with van der Waals surface area (Å²) in [5.74, 6) is -0.120. The van der Waals surface area contributed by atoms with Crippen molar-refractivity contribution in [2.75, 3.05) is 26.4 Å². The van der Waals surface area contributed by atoms with Gasteiger partial charge >= 0.3 is 0 Å². The maximum absolute atomic E-state index is 13.0. The molecule has 33 heavy (non-hydrogen) atoms. The van der Waals surface area contributed by atoms with Gasteiger partial charge in [-0.15, -0.1) is 5.10 Å². The lowest BCUT2D eigenvalue weighted by Gasteiger charge is -2.22. The van der Waals surface area contributed by atoms with Gasteiger partial charge in [-0.05, 0) is 50.5 Å². The van der Waals surface area contributed by atoms with Gasteiger partial charge in [-0.1, -0.05) is 0 Å². The largest absolute Gasteiger partial charge is 0.473 e. The fraction of sp³-hybridized carbons (Fsp3) is 0.636. The zero-order chi connectivity index (χ0) is 23.2. The predicted molar refractivity (Wildman–Crippen MR) is 120 cm³/mol. The van der Waals surface area contributed by atoms with E-state index in [1.165, 1.54) is 16.8 Å². The van der Waals surface area contributed by atoms with Gasteiger partial charge in [0, 0.05) is 25.6 Å².